The molecule has 0 aliphatic rings. The summed E-state index contributed by atoms with van der Waals surface area (Å²) in [6, 6.07) is 15.9. The Morgan fingerprint density at radius 2 is 1.85 bits per heavy atom. The fourth-order valence-corrected chi connectivity index (χ4v) is 2.15. The molecular weight excluding hydrogens is 342 g/mol. The van der Waals surface area contributed by atoms with Gasteiger partial charge in [-0.3, -0.25) is 4.79 Å². The Bertz CT molecular complexity index is 692. The van der Waals surface area contributed by atoms with Gasteiger partial charge in [0.25, 0.3) is 5.91 Å². The van der Waals surface area contributed by atoms with Gasteiger partial charge in [0, 0.05) is 6.54 Å². The van der Waals surface area contributed by atoms with Crippen molar-refractivity contribution in [3.8, 4) is 5.75 Å². The molecule has 0 saturated heterocycles. The van der Waals surface area contributed by atoms with Crippen LogP contribution in [0.25, 0.3) is 0 Å². The molecule has 0 unspecified atom stereocenters. The van der Waals surface area contributed by atoms with Crippen LogP contribution in [-0.4, -0.2) is 31.9 Å². The molecule has 0 saturated carbocycles. The van der Waals surface area contributed by atoms with Gasteiger partial charge in [-0.05, 0) is 48.2 Å². The molecule has 0 fully saturated rings. The summed E-state index contributed by atoms with van der Waals surface area (Å²) in [5.74, 6) is -0.191. The average molecular weight is 362 g/mol. The highest BCUT2D eigenvalue weighted by Gasteiger charge is 2.03. The van der Waals surface area contributed by atoms with Crippen molar-refractivity contribution in [2.75, 3.05) is 13.2 Å². The first-order valence-corrected chi connectivity index (χ1v) is 8.14. The standard InChI is InChI=1S/C19H20F2N2O3/c20-19(21)26-17-10-8-16(9-11-17)13-23-25-14-18(24)22-12-4-7-15-5-2-1-3-6-15/h1-3,5-6,8-11,13,19H,4,7,12,14H2,(H,22,24)/b23-13-. The normalized spacial score (nSPS) is 10.9. The van der Waals surface area contributed by atoms with Crippen LogP contribution in [0.1, 0.15) is 17.5 Å². The van der Waals surface area contributed by atoms with Crippen molar-refractivity contribution in [1.29, 1.82) is 0 Å². The number of hydrogen-bond donors (Lipinski definition) is 1. The molecule has 2 aromatic carbocycles. The Morgan fingerprint density at radius 1 is 1.12 bits per heavy atom. The van der Waals surface area contributed by atoms with Gasteiger partial charge in [0.1, 0.15) is 5.75 Å². The third-order valence-electron chi connectivity index (χ3n) is 3.38. The van der Waals surface area contributed by atoms with Crippen LogP contribution in [0.2, 0.25) is 0 Å². The molecule has 138 valence electrons. The summed E-state index contributed by atoms with van der Waals surface area (Å²) in [7, 11) is 0. The number of nitrogens with one attached hydrogen (secondary N) is 1. The molecule has 0 heterocycles. The van der Waals surface area contributed by atoms with Gasteiger partial charge in [0.15, 0.2) is 6.61 Å². The molecule has 0 aliphatic carbocycles. The van der Waals surface area contributed by atoms with E-state index in [0.717, 1.165) is 12.8 Å². The minimum absolute atomic E-state index is 0.0629. The smallest absolute Gasteiger partial charge is 0.387 e. The topological polar surface area (TPSA) is 59.9 Å². The van der Waals surface area contributed by atoms with Crippen LogP contribution < -0.4 is 10.1 Å². The molecule has 7 heteroatoms. The summed E-state index contributed by atoms with van der Waals surface area (Å²) in [6.45, 7) is -2.48. The van der Waals surface area contributed by atoms with Crippen LogP contribution in [0, 0.1) is 0 Å². The van der Waals surface area contributed by atoms with Crippen molar-refractivity contribution in [3.63, 3.8) is 0 Å². The fourth-order valence-electron chi connectivity index (χ4n) is 2.15. The van der Waals surface area contributed by atoms with E-state index in [9.17, 15) is 13.6 Å². The number of nitrogens with zero attached hydrogens (tertiary/aromatic N) is 1. The largest absolute Gasteiger partial charge is 0.435 e. The quantitative estimate of drug-likeness (QED) is 0.400. The monoisotopic (exact) mass is 362 g/mol. The number of carbonyl (C=O) groups is 1. The Balaban J connectivity index is 1.59. The van der Waals surface area contributed by atoms with E-state index in [1.165, 1.54) is 23.9 Å². The lowest BCUT2D eigenvalue weighted by Crippen LogP contribution is -2.28. The van der Waals surface area contributed by atoms with Crippen LogP contribution in [0.3, 0.4) is 0 Å². The van der Waals surface area contributed by atoms with Gasteiger partial charge < -0.3 is 14.9 Å². The molecule has 0 aliphatic heterocycles. The Hall–Kier alpha value is -2.96. The van der Waals surface area contributed by atoms with Gasteiger partial charge in [-0.1, -0.05) is 35.5 Å². The van der Waals surface area contributed by atoms with Crippen molar-refractivity contribution >= 4 is 12.1 Å². The number of carbonyl (C=O) groups excluding carboxylic acids is 1. The number of oxime groups is 1. The van der Waals surface area contributed by atoms with Crippen molar-refractivity contribution < 1.29 is 23.1 Å². The SMILES string of the molecule is O=C(CO/N=C\c1ccc(OC(F)F)cc1)NCCCc1ccccc1. The predicted molar refractivity (Wildman–Crippen MR) is 94.4 cm³/mol. The van der Waals surface area contributed by atoms with Gasteiger partial charge in [-0.2, -0.15) is 8.78 Å². The van der Waals surface area contributed by atoms with E-state index in [0.29, 0.717) is 12.1 Å². The first-order valence-electron chi connectivity index (χ1n) is 8.14. The van der Waals surface area contributed by atoms with Gasteiger partial charge in [0.2, 0.25) is 0 Å². The summed E-state index contributed by atoms with van der Waals surface area (Å²) in [6.07, 6.45) is 3.12. The number of amides is 1. The van der Waals surface area contributed by atoms with Crippen LogP contribution in [0.4, 0.5) is 8.78 Å². The molecule has 0 atom stereocenters. The lowest BCUT2D eigenvalue weighted by atomic mass is 10.1. The van der Waals surface area contributed by atoms with E-state index in [2.05, 4.69) is 15.2 Å². The highest BCUT2D eigenvalue weighted by Crippen LogP contribution is 2.13. The average Bonchev–Trinajstić information content (AvgIpc) is 2.64. The van der Waals surface area contributed by atoms with E-state index in [4.69, 9.17) is 4.84 Å². The molecule has 1 N–H and O–H groups in total. The van der Waals surface area contributed by atoms with E-state index in [1.807, 2.05) is 30.3 Å². The number of benzene rings is 2. The third kappa shape index (κ3) is 7.74. The Morgan fingerprint density at radius 3 is 2.54 bits per heavy atom. The second-order valence-electron chi connectivity index (χ2n) is 5.39. The number of rotatable bonds is 10. The highest BCUT2D eigenvalue weighted by atomic mass is 19.3. The van der Waals surface area contributed by atoms with Gasteiger partial charge in [0.05, 0.1) is 6.21 Å². The minimum atomic E-state index is -2.86. The molecule has 5 nitrogen and oxygen atoms in total. The maximum absolute atomic E-state index is 12.0. The van der Waals surface area contributed by atoms with E-state index < -0.39 is 6.61 Å². The third-order valence-corrected chi connectivity index (χ3v) is 3.38. The van der Waals surface area contributed by atoms with Crippen LogP contribution >= 0.6 is 0 Å². The second kappa shape index (κ2) is 10.8. The highest BCUT2D eigenvalue weighted by molar-refractivity contribution is 5.80. The summed E-state index contributed by atoms with van der Waals surface area (Å²) >= 11 is 0. The van der Waals surface area contributed by atoms with E-state index in [-0.39, 0.29) is 18.3 Å². The summed E-state index contributed by atoms with van der Waals surface area (Å²) in [4.78, 5) is 16.5. The maximum atomic E-state index is 12.0. The summed E-state index contributed by atoms with van der Waals surface area (Å²) < 4.78 is 28.3. The number of ether oxygens (including phenoxy) is 1. The van der Waals surface area contributed by atoms with Crippen molar-refractivity contribution in [2.45, 2.75) is 19.5 Å². The Kier molecular flexibility index (Phi) is 8.05. The molecule has 0 spiro atoms. The van der Waals surface area contributed by atoms with Crippen molar-refractivity contribution in [1.82, 2.24) is 5.32 Å². The first kappa shape index (κ1) is 19.4. The number of halogens is 2. The summed E-state index contributed by atoms with van der Waals surface area (Å²) in [5.41, 5.74) is 1.86. The van der Waals surface area contributed by atoms with Crippen LogP contribution in [-0.2, 0) is 16.1 Å². The number of aryl methyl sites for hydroxylation is 1. The molecule has 0 aromatic heterocycles. The van der Waals surface area contributed by atoms with Crippen LogP contribution in [0.5, 0.6) is 5.75 Å². The van der Waals surface area contributed by atoms with Crippen molar-refractivity contribution in [2.24, 2.45) is 5.16 Å². The minimum Gasteiger partial charge on any atom is -0.435 e. The zero-order valence-electron chi connectivity index (χ0n) is 14.1. The second-order valence-corrected chi connectivity index (χ2v) is 5.39. The predicted octanol–water partition coefficient (Wildman–Crippen LogP) is 3.39. The van der Waals surface area contributed by atoms with Gasteiger partial charge in [-0.15, -0.1) is 0 Å². The zero-order valence-corrected chi connectivity index (χ0v) is 14.1. The van der Waals surface area contributed by atoms with Gasteiger partial charge >= 0.3 is 6.61 Å². The molecule has 1 amide bonds. The Labute approximate surface area is 150 Å². The first-order chi connectivity index (χ1) is 12.6. The van der Waals surface area contributed by atoms with Gasteiger partial charge in [-0.25, -0.2) is 0 Å². The lowest BCUT2D eigenvalue weighted by molar-refractivity contribution is -0.125. The van der Waals surface area contributed by atoms with E-state index >= 15 is 0 Å². The number of hydrogen-bond acceptors (Lipinski definition) is 4. The van der Waals surface area contributed by atoms with Crippen LogP contribution in [0.15, 0.2) is 59.8 Å². The fraction of sp³-hybridized carbons (Fsp3) is 0.263. The number of alkyl halides is 2. The van der Waals surface area contributed by atoms with E-state index in [1.54, 1.807) is 12.1 Å². The zero-order chi connectivity index (χ0) is 18.6. The van der Waals surface area contributed by atoms with Crippen molar-refractivity contribution in [3.05, 3.63) is 65.7 Å². The molecule has 2 rings (SSSR count). The summed E-state index contributed by atoms with van der Waals surface area (Å²) in [5, 5.41) is 6.43. The molecule has 2 aromatic rings. The maximum Gasteiger partial charge on any atom is 0.387 e. The molecule has 26 heavy (non-hydrogen) atoms. The molecular formula is C19H20F2N2O3. The lowest BCUT2D eigenvalue weighted by Gasteiger charge is -2.05. The molecule has 0 bridgehead atoms. The molecule has 0 radical (unpaired) electrons.